The van der Waals surface area contributed by atoms with Crippen LogP contribution in [0.25, 0.3) is 0 Å². The Morgan fingerprint density at radius 2 is 1.81 bits per heavy atom. The second kappa shape index (κ2) is 10.4. The van der Waals surface area contributed by atoms with Crippen LogP contribution in [0.3, 0.4) is 0 Å². The van der Waals surface area contributed by atoms with E-state index in [0.717, 1.165) is 28.0 Å². The zero-order chi connectivity index (χ0) is 22.2. The summed E-state index contributed by atoms with van der Waals surface area (Å²) in [5, 5.41) is 5.72. The van der Waals surface area contributed by atoms with Crippen molar-refractivity contribution in [3.05, 3.63) is 89.1 Å². The summed E-state index contributed by atoms with van der Waals surface area (Å²) in [6, 6.07) is 18.8. The Balaban J connectivity index is 1.56. The summed E-state index contributed by atoms with van der Waals surface area (Å²) in [5.74, 6) is 0.945. The van der Waals surface area contributed by atoms with Gasteiger partial charge in [-0.3, -0.25) is 9.59 Å². The molecule has 0 saturated heterocycles. The van der Waals surface area contributed by atoms with Crippen LogP contribution in [0.2, 0.25) is 0 Å². The molecule has 2 aromatic carbocycles. The highest BCUT2D eigenvalue weighted by Crippen LogP contribution is 2.24. The predicted octanol–water partition coefficient (Wildman–Crippen LogP) is 4.37. The lowest BCUT2D eigenvalue weighted by atomic mass is 10.0. The highest BCUT2D eigenvalue weighted by Gasteiger charge is 2.16. The normalized spacial score (nSPS) is 11.5. The van der Waals surface area contributed by atoms with Crippen molar-refractivity contribution in [1.29, 1.82) is 0 Å². The van der Waals surface area contributed by atoms with Crippen molar-refractivity contribution < 1.29 is 14.3 Å². The Morgan fingerprint density at radius 1 is 1.03 bits per heavy atom. The molecule has 0 radical (unpaired) electrons. The quantitative estimate of drug-likeness (QED) is 0.570. The Bertz CT molecular complexity index is 1030. The first-order chi connectivity index (χ1) is 14.9. The third kappa shape index (κ3) is 6.67. The van der Waals surface area contributed by atoms with Gasteiger partial charge in [0.15, 0.2) is 0 Å². The molecular formula is C25H27N3O3. The van der Waals surface area contributed by atoms with Gasteiger partial charge in [0, 0.05) is 25.7 Å². The number of carbonyl (C=O) groups is 2. The number of hydrogen-bond acceptors (Lipinski definition) is 4. The van der Waals surface area contributed by atoms with E-state index in [0.29, 0.717) is 12.4 Å². The van der Waals surface area contributed by atoms with Crippen molar-refractivity contribution in [2.75, 3.05) is 0 Å². The molecule has 3 rings (SSSR count). The van der Waals surface area contributed by atoms with E-state index < -0.39 is 0 Å². The molecule has 1 aromatic heterocycles. The largest absolute Gasteiger partial charge is 0.439 e. The molecule has 160 valence electrons. The fraction of sp³-hybridized carbons (Fsp3) is 0.240. The molecule has 0 bridgehead atoms. The van der Waals surface area contributed by atoms with Crippen LogP contribution in [0.15, 0.2) is 66.9 Å². The fourth-order valence-corrected chi connectivity index (χ4v) is 3.15. The summed E-state index contributed by atoms with van der Waals surface area (Å²) in [6.45, 7) is 5.79. The number of aryl methyl sites for hydroxylation is 2. The van der Waals surface area contributed by atoms with Crippen LogP contribution in [0.4, 0.5) is 0 Å². The first-order valence-electron chi connectivity index (χ1n) is 10.2. The van der Waals surface area contributed by atoms with Crippen LogP contribution < -0.4 is 15.4 Å². The molecule has 2 N–H and O–H groups in total. The second-order valence-corrected chi connectivity index (χ2v) is 7.52. The summed E-state index contributed by atoms with van der Waals surface area (Å²) in [7, 11) is 0. The van der Waals surface area contributed by atoms with E-state index >= 15 is 0 Å². The lowest BCUT2D eigenvalue weighted by molar-refractivity contribution is -0.122. The van der Waals surface area contributed by atoms with Crippen molar-refractivity contribution in [2.24, 2.45) is 0 Å². The van der Waals surface area contributed by atoms with Crippen molar-refractivity contribution in [3.63, 3.8) is 0 Å². The summed E-state index contributed by atoms with van der Waals surface area (Å²) in [6.07, 6.45) is 1.84. The molecule has 0 saturated carbocycles. The molecular weight excluding hydrogens is 390 g/mol. The van der Waals surface area contributed by atoms with Gasteiger partial charge in [-0.2, -0.15) is 0 Å². The van der Waals surface area contributed by atoms with E-state index in [2.05, 4.69) is 15.6 Å². The molecule has 31 heavy (non-hydrogen) atoms. The first-order valence-corrected chi connectivity index (χ1v) is 10.2. The number of benzene rings is 2. The maximum atomic E-state index is 12.5. The Kier molecular flexibility index (Phi) is 7.38. The number of hydrogen-bond donors (Lipinski definition) is 2. The maximum Gasteiger partial charge on any atom is 0.222 e. The fourth-order valence-electron chi connectivity index (χ4n) is 3.15. The molecule has 0 aliphatic heterocycles. The van der Waals surface area contributed by atoms with Crippen LogP contribution in [0.1, 0.15) is 41.6 Å². The van der Waals surface area contributed by atoms with Gasteiger partial charge in [-0.15, -0.1) is 0 Å². The molecule has 0 spiro atoms. The van der Waals surface area contributed by atoms with Crippen molar-refractivity contribution in [2.45, 2.75) is 39.8 Å². The highest BCUT2D eigenvalue weighted by molar-refractivity contribution is 5.79. The SMILES string of the molecule is CC(=O)N[C@H](CC(=O)NCc1ccc(Oc2cc(C)ccc2C)nc1)c1ccccc1. The number of nitrogens with one attached hydrogen (secondary N) is 2. The topological polar surface area (TPSA) is 80.3 Å². The molecule has 2 amide bonds. The summed E-state index contributed by atoms with van der Waals surface area (Å²) in [5.41, 5.74) is 3.91. The van der Waals surface area contributed by atoms with Crippen molar-refractivity contribution >= 4 is 11.8 Å². The lowest BCUT2D eigenvalue weighted by Gasteiger charge is -2.18. The minimum Gasteiger partial charge on any atom is -0.439 e. The van der Waals surface area contributed by atoms with Gasteiger partial charge >= 0.3 is 0 Å². The summed E-state index contributed by atoms with van der Waals surface area (Å²) >= 11 is 0. The number of rotatable bonds is 8. The van der Waals surface area contributed by atoms with Crippen LogP contribution in [0, 0.1) is 13.8 Å². The average molecular weight is 418 g/mol. The third-order valence-corrected chi connectivity index (χ3v) is 4.81. The number of nitrogens with zero attached hydrogens (tertiary/aromatic N) is 1. The van der Waals surface area contributed by atoms with Gasteiger partial charge in [-0.25, -0.2) is 4.98 Å². The Hall–Kier alpha value is -3.67. The van der Waals surface area contributed by atoms with Gasteiger partial charge in [0.1, 0.15) is 5.75 Å². The standard InChI is InChI=1S/C25H27N3O3/c1-17-9-10-18(2)23(13-17)31-25-12-11-20(16-27-25)15-26-24(30)14-22(28-19(3)29)21-7-5-4-6-8-21/h4-13,16,22H,14-15H2,1-3H3,(H,26,30)(H,28,29)/t22-/m1/s1. The minimum absolute atomic E-state index is 0.154. The number of pyridine rings is 1. The number of carbonyl (C=O) groups excluding carboxylic acids is 2. The molecule has 3 aromatic rings. The van der Waals surface area contributed by atoms with E-state index in [1.165, 1.54) is 6.92 Å². The summed E-state index contributed by atoms with van der Waals surface area (Å²) in [4.78, 5) is 28.3. The predicted molar refractivity (Wildman–Crippen MR) is 120 cm³/mol. The average Bonchev–Trinajstić information content (AvgIpc) is 2.76. The second-order valence-electron chi connectivity index (χ2n) is 7.52. The minimum atomic E-state index is -0.370. The lowest BCUT2D eigenvalue weighted by Crippen LogP contribution is -2.32. The van der Waals surface area contributed by atoms with Crippen LogP contribution in [-0.4, -0.2) is 16.8 Å². The zero-order valence-corrected chi connectivity index (χ0v) is 18.0. The monoisotopic (exact) mass is 417 g/mol. The van der Waals surface area contributed by atoms with Crippen molar-refractivity contribution in [1.82, 2.24) is 15.6 Å². The molecule has 0 fully saturated rings. The number of amides is 2. The van der Waals surface area contributed by atoms with E-state index in [1.54, 1.807) is 12.3 Å². The smallest absolute Gasteiger partial charge is 0.222 e. The molecule has 0 aliphatic rings. The van der Waals surface area contributed by atoms with Crippen molar-refractivity contribution in [3.8, 4) is 11.6 Å². The molecule has 1 heterocycles. The van der Waals surface area contributed by atoms with Crippen LogP contribution in [-0.2, 0) is 16.1 Å². The maximum absolute atomic E-state index is 12.5. The van der Waals surface area contributed by atoms with Crippen LogP contribution >= 0.6 is 0 Å². The molecule has 6 heteroatoms. The number of ether oxygens (including phenoxy) is 1. The van der Waals surface area contributed by atoms with Gasteiger partial charge in [0.25, 0.3) is 0 Å². The van der Waals surface area contributed by atoms with Gasteiger partial charge in [-0.1, -0.05) is 48.5 Å². The van der Waals surface area contributed by atoms with E-state index in [9.17, 15) is 9.59 Å². The Morgan fingerprint density at radius 3 is 2.48 bits per heavy atom. The number of aromatic nitrogens is 1. The molecule has 0 aliphatic carbocycles. The van der Waals surface area contributed by atoms with Crippen LogP contribution in [0.5, 0.6) is 11.6 Å². The first kappa shape index (κ1) is 22.0. The molecule has 6 nitrogen and oxygen atoms in total. The van der Waals surface area contributed by atoms with Gasteiger partial charge in [0.2, 0.25) is 17.7 Å². The van der Waals surface area contributed by atoms with Gasteiger partial charge in [-0.05, 0) is 42.2 Å². The Labute approximate surface area is 182 Å². The highest BCUT2D eigenvalue weighted by atomic mass is 16.5. The van der Waals surface area contributed by atoms with E-state index in [1.807, 2.05) is 68.4 Å². The van der Waals surface area contributed by atoms with E-state index in [4.69, 9.17) is 4.74 Å². The van der Waals surface area contributed by atoms with E-state index in [-0.39, 0.29) is 24.3 Å². The molecule has 0 unspecified atom stereocenters. The van der Waals surface area contributed by atoms with Gasteiger partial charge < -0.3 is 15.4 Å². The third-order valence-electron chi connectivity index (χ3n) is 4.81. The van der Waals surface area contributed by atoms with Gasteiger partial charge in [0.05, 0.1) is 12.5 Å². The summed E-state index contributed by atoms with van der Waals surface area (Å²) < 4.78 is 5.87. The molecule has 1 atom stereocenters. The zero-order valence-electron chi connectivity index (χ0n) is 18.0.